The fraction of sp³-hybridized carbons (Fsp3) is 0.476. The molecule has 9 heteroatoms. The molecule has 3 aromatic rings. The van der Waals surface area contributed by atoms with E-state index < -0.39 is 18.8 Å². The smallest absolute Gasteiger partial charge is 0.443 e. The van der Waals surface area contributed by atoms with Crippen LogP contribution in [0.5, 0.6) is 0 Å². The van der Waals surface area contributed by atoms with Gasteiger partial charge in [0, 0.05) is 5.39 Å². The molecule has 158 valence electrons. The van der Waals surface area contributed by atoms with Crippen LogP contribution < -0.4 is 5.46 Å². The first-order valence-corrected chi connectivity index (χ1v) is 9.97. The molecule has 4 rings (SSSR count). The number of aromatic nitrogens is 3. The molecule has 2 aromatic heterocycles. The Hall–Kier alpha value is -2.65. The summed E-state index contributed by atoms with van der Waals surface area (Å²) in [5.74, 6) is 0.731. The minimum absolute atomic E-state index is 0.0403. The molecule has 0 saturated carbocycles. The van der Waals surface area contributed by atoms with Gasteiger partial charge in [0.25, 0.3) is 5.89 Å². The number of aryl methyl sites for hydroxylation is 1. The number of carbonyl (C=O) groups excluding carboxylic acids is 1. The van der Waals surface area contributed by atoms with Crippen LogP contribution in [-0.2, 0) is 14.0 Å². The molecule has 1 unspecified atom stereocenters. The first-order valence-electron chi connectivity index (χ1n) is 9.97. The van der Waals surface area contributed by atoms with Crippen LogP contribution in [0.3, 0.4) is 0 Å². The van der Waals surface area contributed by atoms with E-state index in [1.54, 1.807) is 6.92 Å². The molecular formula is C21H26BN3O5. The Kier molecular flexibility index (Phi) is 4.78. The lowest BCUT2D eigenvalue weighted by Gasteiger charge is -2.21. The molecule has 1 fully saturated rings. The molecule has 30 heavy (non-hydrogen) atoms. The summed E-state index contributed by atoms with van der Waals surface area (Å²) in [7, 11) is -0.474. The maximum Gasteiger partial charge on any atom is 0.494 e. The number of hydrogen-bond acceptors (Lipinski definition) is 7. The van der Waals surface area contributed by atoms with Crippen LogP contribution in [0, 0.1) is 6.92 Å². The second-order valence-electron chi connectivity index (χ2n) is 9.14. The van der Waals surface area contributed by atoms with Gasteiger partial charge in [-0.3, -0.25) is 0 Å². The van der Waals surface area contributed by atoms with Gasteiger partial charge in [-0.05, 0) is 66.1 Å². The van der Waals surface area contributed by atoms with Crippen LogP contribution in [0.15, 0.2) is 28.8 Å². The third-order valence-electron chi connectivity index (χ3n) is 5.14. The molecule has 0 radical (unpaired) electrons. The quantitative estimate of drug-likeness (QED) is 0.594. The normalized spacial score (nSPS) is 18.9. The van der Waals surface area contributed by atoms with Crippen molar-refractivity contribution >= 4 is 29.6 Å². The maximum atomic E-state index is 13.0. The predicted molar refractivity (Wildman–Crippen MR) is 113 cm³/mol. The van der Waals surface area contributed by atoms with Crippen molar-refractivity contribution in [2.75, 3.05) is 0 Å². The third kappa shape index (κ3) is 3.75. The lowest BCUT2D eigenvalue weighted by molar-refractivity contribution is 0.0546. The van der Waals surface area contributed by atoms with E-state index in [1.165, 1.54) is 4.57 Å². The Bertz CT molecular complexity index is 1110. The summed E-state index contributed by atoms with van der Waals surface area (Å²) in [6.07, 6.45) is -0.555. The number of nitrogens with zero attached hydrogens (tertiary/aromatic N) is 3. The minimum atomic E-state index is -0.650. The van der Waals surface area contributed by atoms with Gasteiger partial charge in [-0.15, -0.1) is 0 Å². The highest BCUT2D eigenvalue weighted by molar-refractivity contribution is 6.62. The van der Waals surface area contributed by atoms with Crippen LogP contribution in [0.4, 0.5) is 4.79 Å². The molecule has 1 aromatic carbocycles. The summed E-state index contributed by atoms with van der Waals surface area (Å²) in [5, 5.41) is 4.67. The van der Waals surface area contributed by atoms with Crippen molar-refractivity contribution in [1.82, 2.24) is 14.7 Å². The van der Waals surface area contributed by atoms with E-state index in [2.05, 4.69) is 10.1 Å². The van der Waals surface area contributed by atoms with Crippen molar-refractivity contribution in [1.29, 1.82) is 0 Å². The zero-order valence-corrected chi connectivity index (χ0v) is 18.3. The van der Waals surface area contributed by atoms with Crippen molar-refractivity contribution in [2.24, 2.45) is 0 Å². The van der Waals surface area contributed by atoms with Gasteiger partial charge in [0.05, 0.1) is 17.2 Å². The summed E-state index contributed by atoms with van der Waals surface area (Å²) in [6, 6.07) is 7.52. The van der Waals surface area contributed by atoms with Gasteiger partial charge in [0.2, 0.25) is 0 Å². The Labute approximate surface area is 175 Å². The van der Waals surface area contributed by atoms with Crippen LogP contribution in [0.25, 0.3) is 22.5 Å². The van der Waals surface area contributed by atoms with Crippen molar-refractivity contribution in [2.45, 2.75) is 65.8 Å². The summed E-state index contributed by atoms with van der Waals surface area (Å²) in [4.78, 5) is 17.3. The fourth-order valence-corrected chi connectivity index (χ4v) is 3.34. The fourth-order valence-electron chi connectivity index (χ4n) is 3.34. The second kappa shape index (κ2) is 6.96. The van der Waals surface area contributed by atoms with E-state index in [9.17, 15) is 4.79 Å². The summed E-state index contributed by atoms with van der Waals surface area (Å²) >= 11 is 0. The number of ether oxygens (including phenoxy) is 1. The van der Waals surface area contributed by atoms with Crippen LogP contribution >= 0.6 is 0 Å². The minimum Gasteiger partial charge on any atom is -0.443 e. The topological polar surface area (TPSA) is 88.6 Å². The molecule has 0 spiro atoms. The molecule has 0 N–H and O–H groups in total. The number of benzene rings is 1. The van der Waals surface area contributed by atoms with E-state index in [1.807, 2.05) is 65.8 Å². The zero-order chi connectivity index (χ0) is 21.8. The first kappa shape index (κ1) is 20.6. The highest BCUT2D eigenvalue weighted by atomic mass is 16.7. The van der Waals surface area contributed by atoms with Crippen molar-refractivity contribution in [3.05, 3.63) is 30.1 Å². The van der Waals surface area contributed by atoms with Gasteiger partial charge < -0.3 is 18.6 Å². The molecule has 1 atom stereocenters. The number of carbonyl (C=O) groups is 1. The number of hydrogen-bond donors (Lipinski definition) is 0. The summed E-state index contributed by atoms with van der Waals surface area (Å²) in [5.41, 5.74) is 0.981. The highest BCUT2D eigenvalue weighted by Gasteiger charge is 2.44. The van der Waals surface area contributed by atoms with Gasteiger partial charge in [0.1, 0.15) is 11.3 Å². The molecule has 0 bridgehead atoms. The molecule has 8 nitrogen and oxygen atoms in total. The average molecular weight is 411 g/mol. The Morgan fingerprint density at radius 3 is 2.57 bits per heavy atom. The molecule has 1 saturated heterocycles. The summed E-state index contributed by atoms with van der Waals surface area (Å²) in [6.45, 7) is 13.2. The molecular weight excluding hydrogens is 385 g/mol. The maximum absolute atomic E-state index is 13.0. The van der Waals surface area contributed by atoms with E-state index in [-0.39, 0.29) is 17.6 Å². The van der Waals surface area contributed by atoms with Crippen molar-refractivity contribution < 1.29 is 23.4 Å². The predicted octanol–water partition coefficient (Wildman–Crippen LogP) is 3.69. The third-order valence-corrected chi connectivity index (χ3v) is 5.14. The Morgan fingerprint density at radius 2 is 2.00 bits per heavy atom. The van der Waals surface area contributed by atoms with Crippen LogP contribution in [-0.4, -0.2) is 45.2 Å². The zero-order valence-electron chi connectivity index (χ0n) is 18.3. The van der Waals surface area contributed by atoms with Gasteiger partial charge in [0.15, 0.2) is 5.82 Å². The lowest BCUT2D eigenvalue weighted by Crippen LogP contribution is -2.34. The molecule has 1 aliphatic heterocycles. The molecule has 3 heterocycles. The number of fused-ring (bicyclic) bond motifs is 1. The number of rotatable bonds is 2. The van der Waals surface area contributed by atoms with Crippen molar-refractivity contribution in [3.8, 4) is 11.6 Å². The van der Waals surface area contributed by atoms with E-state index >= 15 is 0 Å². The van der Waals surface area contributed by atoms with E-state index in [0.29, 0.717) is 17.0 Å². The molecule has 1 aliphatic rings. The van der Waals surface area contributed by atoms with Gasteiger partial charge >= 0.3 is 13.2 Å². The van der Waals surface area contributed by atoms with E-state index in [0.717, 1.165) is 10.8 Å². The standard InChI is InChI=1S/C21H26BN3O5/c1-12-21(6,7)30-22(28-12)15-8-9-16-14(10-15)11-17(18-23-13(2)24-29-18)25(16)19(26)27-20(3,4)5/h8-12H,1-7H3. The lowest BCUT2D eigenvalue weighted by atomic mass is 9.79. The first-order chi connectivity index (χ1) is 13.9. The second-order valence-corrected chi connectivity index (χ2v) is 9.14. The van der Waals surface area contributed by atoms with Crippen molar-refractivity contribution in [3.63, 3.8) is 0 Å². The van der Waals surface area contributed by atoms with Gasteiger partial charge in [-0.1, -0.05) is 17.3 Å². The van der Waals surface area contributed by atoms with E-state index in [4.69, 9.17) is 18.6 Å². The SMILES string of the molecule is Cc1noc(-c2cc3cc(B4OC(C)C(C)(C)O4)ccc3n2C(=O)OC(C)(C)C)n1. The Balaban J connectivity index is 1.81. The van der Waals surface area contributed by atoms with Gasteiger partial charge in [-0.2, -0.15) is 4.98 Å². The monoisotopic (exact) mass is 411 g/mol. The van der Waals surface area contributed by atoms with Crippen LogP contribution in [0.2, 0.25) is 0 Å². The average Bonchev–Trinajstić information content (AvgIpc) is 3.28. The Morgan fingerprint density at radius 1 is 1.27 bits per heavy atom. The highest BCUT2D eigenvalue weighted by Crippen LogP contribution is 2.30. The van der Waals surface area contributed by atoms with Crippen LogP contribution in [0.1, 0.15) is 47.4 Å². The van der Waals surface area contributed by atoms with Gasteiger partial charge in [-0.25, -0.2) is 9.36 Å². The molecule has 0 aliphatic carbocycles. The molecule has 0 amide bonds. The summed E-state index contributed by atoms with van der Waals surface area (Å²) < 4.78 is 24.5. The largest absolute Gasteiger partial charge is 0.494 e.